The predicted octanol–water partition coefficient (Wildman–Crippen LogP) is 5.88. The van der Waals surface area contributed by atoms with Crippen molar-refractivity contribution in [3.63, 3.8) is 0 Å². The Balaban J connectivity index is 2.89. The van der Waals surface area contributed by atoms with Crippen LogP contribution in [0.5, 0.6) is 0 Å². The molecule has 0 bridgehead atoms. The molecule has 0 aliphatic rings. The Kier molecular flexibility index (Phi) is 14.7. The van der Waals surface area contributed by atoms with Crippen LogP contribution in [0.25, 0.3) is 0 Å². The van der Waals surface area contributed by atoms with Gasteiger partial charge in [-0.25, -0.2) is 0 Å². The zero-order valence-electron chi connectivity index (χ0n) is 11.6. The molecule has 98 valence electrons. The fraction of sp³-hybridized carbons (Fsp3) is 0.765. The van der Waals surface area contributed by atoms with Crippen molar-refractivity contribution in [1.29, 1.82) is 0 Å². The Labute approximate surface area is 109 Å². The van der Waals surface area contributed by atoms with Gasteiger partial charge in [-0.05, 0) is 19.3 Å². The number of unbranched alkanes of at least 4 members (excludes halogenated alkanes) is 12. The van der Waals surface area contributed by atoms with E-state index in [9.17, 15) is 0 Å². The van der Waals surface area contributed by atoms with Crippen molar-refractivity contribution >= 4 is 0 Å². The van der Waals surface area contributed by atoms with Gasteiger partial charge < -0.3 is 0 Å². The van der Waals surface area contributed by atoms with E-state index in [1.165, 1.54) is 77.0 Å². The van der Waals surface area contributed by atoms with Crippen molar-refractivity contribution in [2.75, 3.05) is 0 Å². The highest BCUT2D eigenvalue weighted by atomic mass is 14.0. The van der Waals surface area contributed by atoms with Crippen LogP contribution in [0.1, 0.15) is 83.5 Å². The summed E-state index contributed by atoms with van der Waals surface area (Å²) >= 11 is 0. The lowest BCUT2D eigenvalue weighted by Gasteiger charge is -2.01. The smallest absolute Gasteiger partial charge is 0.00860 e. The lowest BCUT2D eigenvalue weighted by atomic mass is 10.0. The maximum atomic E-state index is 5.21. The number of rotatable bonds is 13. The second-order valence-electron chi connectivity index (χ2n) is 4.92. The highest BCUT2D eigenvalue weighted by Crippen LogP contribution is 2.12. The number of hydrogen-bond acceptors (Lipinski definition) is 0. The first-order valence-corrected chi connectivity index (χ1v) is 7.46. The molecule has 0 spiro atoms. The van der Waals surface area contributed by atoms with Crippen LogP contribution in [0.4, 0.5) is 0 Å². The van der Waals surface area contributed by atoms with Crippen LogP contribution in [-0.4, -0.2) is 0 Å². The van der Waals surface area contributed by atoms with E-state index in [1.807, 2.05) is 6.08 Å². The summed E-state index contributed by atoms with van der Waals surface area (Å²) in [5.74, 6) is 2.70. The SMILES string of the molecule is C#CCCCCCCCCCCCCCC=C. The van der Waals surface area contributed by atoms with Gasteiger partial charge in [-0.2, -0.15) is 0 Å². The third kappa shape index (κ3) is 15.3. The zero-order valence-corrected chi connectivity index (χ0v) is 11.6. The van der Waals surface area contributed by atoms with Gasteiger partial charge in [0.05, 0.1) is 0 Å². The molecule has 0 saturated carbocycles. The Bertz CT molecular complexity index is 185. The molecule has 0 fully saturated rings. The van der Waals surface area contributed by atoms with E-state index < -0.39 is 0 Å². The van der Waals surface area contributed by atoms with E-state index in [1.54, 1.807) is 0 Å². The van der Waals surface area contributed by atoms with Crippen molar-refractivity contribution < 1.29 is 0 Å². The van der Waals surface area contributed by atoms with Gasteiger partial charge in [0.1, 0.15) is 0 Å². The molecule has 0 aromatic rings. The highest BCUT2D eigenvalue weighted by Gasteiger charge is 1.92. The molecule has 0 N–H and O–H groups in total. The summed E-state index contributed by atoms with van der Waals surface area (Å²) < 4.78 is 0. The first-order valence-electron chi connectivity index (χ1n) is 7.46. The molecule has 0 aromatic carbocycles. The van der Waals surface area contributed by atoms with Gasteiger partial charge >= 0.3 is 0 Å². The quantitative estimate of drug-likeness (QED) is 0.212. The molecule has 0 rings (SSSR count). The number of allylic oxidation sites excluding steroid dienone is 1. The van der Waals surface area contributed by atoms with Gasteiger partial charge in [-0.3, -0.25) is 0 Å². The number of terminal acetylenes is 1. The molecule has 0 aliphatic carbocycles. The molecular weight excluding hydrogens is 204 g/mol. The van der Waals surface area contributed by atoms with Crippen LogP contribution in [0.3, 0.4) is 0 Å². The molecule has 0 heterocycles. The average Bonchev–Trinajstić information content (AvgIpc) is 2.35. The molecule has 0 unspecified atom stereocenters. The minimum atomic E-state index is 0.963. The van der Waals surface area contributed by atoms with Crippen molar-refractivity contribution in [2.24, 2.45) is 0 Å². The van der Waals surface area contributed by atoms with Gasteiger partial charge in [0.25, 0.3) is 0 Å². The fourth-order valence-electron chi connectivity index (χ4n) is 2.11. The monoisotopic (exact) mass is 234 g/mol. The third-order valence-electron chi connectivity index (χ3n) is 3.23. The third-order valence-corrected chi connectivity index (χ3v) is 3.23. The first-order chi connectivity index (χ1) is 8.41. The molecular formula is C17H30. The topological polar surface area (TPSA) is 0 Å². The van der Waals surface area contributed by atoms with Crippen molar-refractivity contribution in [1.82, 2.24) is 0 Å². The summed E-state index contributed by atoms with van der Waals surface area (Å²) in [6.45, 7) is 3.74. The summed E-state index contributed by atoms with van der Waals surface area (Å²) in [5, 5.41) is 0. The minimum absolute atomic E-state index is 0.963. The Morgan fingerprint density at radius 2 is 1.12 bits per heavy atom. The second kappa shape index (κ2) is 15.3. The van der Waals surface area contributed by atoms with Crippen LogP contribution in [0, 0.1) is 12.3 Å². The maximum absolute atomic E-state index is 5.21. The van der Waals surface area contributed by atoms with Gasteiger partial charge in [0.15, 0.2) is 0 Å². The summed E-state index contributed by atoms with van der Waals surface area (Å²) in [7, 11) is 0. The predicted molar refractivity (Wildman–Crippen MR) is 79.1 cm³/mol. The molecule has 0 aromatic heterocycles. The molecule has 0 atom stereocenters. The minimum Gasteiger partial charge on any atom is -0.120 e. The van der Waals surface area contributed by atoms with Crippen molar-refractivity contribution in [2.45, 2.75) is 83.5 Å². The van der Waals surface area contributed by atoms with E-state index in [2.05, 4.69) is 12.5 Å². The van der Waals surface area contributed by atoms with Crippen molar-refractivity contribution in [3.05, 3.63) is 12.7 Å². The van der Waals surface area contributed by atoms with Gasteiger partial charge in [0, 0.05) is 6.42 Å². The summed E-state index contributed by atoms with van der Waals surface area (Å²) in [6, 6.07) is 0. The molecule has 0 nitrogen and oxygen atoms in total. The second-order valence-corrected chi connectivity index (χ2v) is 4.92. The van der Waals surface area contributed by atoms with Crippen molar-refractivity contribution in [3.8, 4) is 12.3 Å². The lowest BCUT2D eigenvalue weighted by Crippen LogP contribution is -1.82. The normalized spacial score (nSPS) is 10.1. The molecule has 17 heavy (non-hydrogen) atoms. The van der Waals surface area contributed by atoms with E-state index in [-0.39, 0.29) is 0 Å². The molecule has 0 aliphatic heterocycles. The van der Waals surface area contributed by atoms with E-state index in [4.69, 9.17) is 6.42 Å². The summed E-state index contributed by atoms with van der Waals surface area (Å²) in [6.07, 6.45) is 24.6. The molecule has 0 amide bonds. The Morgan fingerprint density at radius 1 is 0.706 bits per heavy atom. The number of hydrogen-bond donors (Lipinski definition) is 0. The standard InChI is InChI=1S/C17H30/c1-3-5-7-9-11-13-15-17-16-14-12-10-8-6-4-2/h1,4H,2,5-17H2. The van der Waals surface area contributed by atoms with Gasteiger partial charge in [0.2, 0.25) is 0 Å². The zero-order chi connectivity index (χ0) is 12.6. The summed E-state index contributed by atoms with van der Waals surface area (Å²) in [4.78, 5) is 0. The highest BCUT2D eigenvalue weighted by molar-refractivity contribution is 4.82. The Hall–Kier alpha value is -0.700. The van der Waals surface area contributed by atoms with E-state index in [0.29, 0.717) is 0 Å². The largest absolute Gasteiger partial charge is 0.120 e. The van der Waals surface area contributed by atoms with Gasteiger partial charge in [-0.1, -0.05) is 63.9 Å². The average molecular weight is 234 g/mol. The van der Waals surface area contributed by atoms with Gasteiger partial charge in [-0.15, -0.1) is 18.9 Å². The van der Waals surface area contributed by atoms with E-state index >= 15 is 0 Å². The first kappa shape index (κ1) is 16.3. The van der Waals surface area contributed by atoms with Crippen LogP contribution in [0.2, 0.25) is 0 Å². The Morgan fingerprint density at radius 3 is 1.53 bits per heavy atom. The van der Waals surface area contributed by atoms with E-state index in [0.717, 1.165) is 6.42 Å². The van der Waals surface area contributed by atoms with Crippen LogP contribution >= 0.6 is 0 Å². The molecule has 0 saturated heterocycles. The molecule has 0 heteroatoms. The summed E-state index contributed by atoms with van der Waals surface area (Å²) in [5.41, 5.74) is 0. The fourth-order valence-corrected chi connectivity index (χ4v) is 2.11. The lowest BCUT2D eigenvalue weighted by molar-refractivity contribution is 0.548. The van der Waals surface area contributed by atoms with Crippen LogP contribution < -0.4 is 0 Å². The molecule has 0 radical (unpaired) electrons. The van der Waals surface area contributed by atoms with Crippen LogP contribution in [-0.2, 0) is 0 Å². The van der Waals surface area contributed by atoms with Crippen LogP contribution in [0.15, 0.2) is 12.7 Å². The maximum Gasteiger partial charge on any atom is 0.00860 e.